The molecule has 0 amide bonds. The van der Waals surface area contributed by atoms with E-state index in [0.717, 1.165) is 23.5 Å². The second kappa shape index (κ2) is 10.4. The highest BCUT2D eigenvalue weighted by Gasteiger charge is 2.27. The van der Waals surface area contributed by atoms with E-state index in [2.05, 4.69) is 71.5 Å². The molecular weight excluding hydrogens is 408 g/mol. The van der Waals surface area contributed by atoms with Gasteiger partial charge in [-0.15, -0.1) is 11.8 Å². The topological polar surface area (TPSA) is 44.8 Å². The van der Waals surface area contributed by atoms with Gasteiger partial charge in [-0.1, -0.05) is 72.8 Å². The van der Waals surface area contributed by atoms with Crippen LogP contribution in [0.5, 0.6) is 11.5 Å². The lowest BCUT2D eigenvalue weighted by Gasteiger charge is -2.19. The summed E-state index contributed by atoms with van der Waals surface area (Å²) in [5.74, 6) is 2.27. The Kier molecular flexibility index (Phi) is 7.15. The zero-order valence-corrected chi connectivity index (χ0v) is 18.3. The number of hydrogen-bond donors (Lipinski definition) is 0. The quantitative estimate of drug-likeness (QED) is 0.409. The summed E-state index contributed by atoms with van der Waals surface area (Å²) >= 11 is 1.96. The lowest BCUT2D eigenvalue weighted by Crippen LogP contribution is -2.12. The maximum atomic E-state index is 11.4. The first-order chi connectivity index (χ1) is 15.3. The van der Waals surface area contributed by atoms with Crippen LogP contribution in [-0.2, 0) is 9.53 Å². The first-order valence-electron chi connectivity index (χ1n) is 10.4. The molecule has 1 unspecified atom stereocenters. The van der Waals surface area contributed by atoms with Gasteiger partial charge in [-0.2, -0.15) is 0 Å². The van der Waals surface area contributed by atoms with Crippen molar-refractivity contribution in [3.05, 3.63) is 95.6 Å². The molecular formula is C26H26O4S. The summed E-state index contributed by atoms with van der Waals surface area (Å²) in [4.78, 5) is 11.4. The van der Waals surface area contributed by atoms with Crippen LogP contribution in [0.15, 0.2) is 78.9 Å². The van der Waals surface area contributed by atoms with Gasteiger partial charge in [-0.05, 0) is 29.4 Å². The maximum Gasteiger partial charge on any atom is 0.343 e. The number of methoxy groups -OCH3 is 1. The standard InChI is InChI=1S/C26H26O4S/c1-28-24(27)18-29-23-14-8-13-22-21(17-30-25(22)23)15-16-31-26(19-9-4-2-5-10-19)20-11-6-3-7-12-20/h2-14,21,26H,15-18H2,1H3. The number of rotatable bonds is 9. The molecule has 0 aliphatic carbocycles. The average Bonchev–Trinajstić information content (AvgIpc) is 3.25. The minimum atomic E-state index is -0.406. The number of benzene rings is 3. The predicted octanol–water partition coefficient (Wildman–Crippen LogP) is 5.63. The van der Waals surface area contributed by atoms with E-state index in [4.69, 9.17) is 9.47 Å². The molecule has 160 valence electrons. The summed E-state index contributed by atoms with van der Waals surface area (Å²) in [5.41, 5.74) is 3.79. The number of fused-ring (bicyclic) bond motifs is 1. The molecule has 3 aromatic rings. The predicted molar refractivity (Wildman–Crippen MR) is 124 cm³/mol. The van der Waals surface area contributed by atoms with Gasteiger partial charge in [0.1, 0.15) is 0 Å². The van der Waals surface area contributed by atoms with Gasteiger partial charge >= 0.3 is 5.97 Å². The highest BCUT2D eigenvalue weighted by molar-refractivity contribution is 7.99. The van der Waals surface area contributed by atoms with Crippen molar-refractivity contribution >= 4 is 17.7 Å². The summed E-state index contributed by atoms with van der Waals surface area (Å²) in [7, 11) is 1.35. The molecule has 0 aromatic heterocycles. The summed E-state index contributed by atoms with van der Waals surface area (Å²) in [6.07, 6.45) is 1.01. The van der Waals surface area contributed by atoms with Crippen molar-refractivity contribution in [2.75, 3.05) is 26.1 Å². The molecule has 1 aliphatic heterocycles. The molecule has 5 heteroatoms. The normalized spacial score (nSPS) is 14.7. The van der Waals surface area contributed by atoms with Gasteiger partial charge in [0.05, 0.1) is 19.0 Å². The second-order valence-electron chi connectivity index (χ2n) is 7.41. The zero-order chi connectivity index (χ0) is 21.5. The molecule has 0 saturated heterocycles. The number of ether oxygens (including phenoxy) is 3. The highest BCUT2D eigenvalue weighted by atomic mass is 32.2. The van der Waals surface area contributed by atoms with E-state index in [9.17, 15) is 4.79 Å². The molecule has 0 saturated carbocycles. The van der Waals surface area contributed by atoms with Crippen LogP contribution in [0.1, 0.15) is 34.3 Å². The molecule has 3 aromatic carbocycles. The summed E-state index contributed by atoms with van der Waals surface area (Å²) in [6.45, 7) is 0.516. The van der Waals surface area contributed by atoms with Gasteiger partial charge in [0, 0.05) is 11.5 Å². The lowest BCUT2D eigenvalue weighted by atomic mass is 9.98. The van der Waals surface area contributed by atoms with Gasteiger partial charge in [0.2, 0.25) is 0 Å². The van der Waals surface area contributed by atoms with Crippen molar-refractivity contribution < 1.29 is 19.0 Å². The van der Waals surface area contributed by atoms with E-state index in [1.54, 1.807) is 0 Å². The van der Waals surface area contributed by atoms with E-state index in [0.29, 0.717) is 23.5 Å². The van der Waals surface area contributed by atoms with Crippen LogP contribution in [0.4, 0.5) is 0 Å². The molecule has 0 radical (unpaired) electrons. The zero-order valence-electron chi connectivity index (χ0n) is 17.5. The third-order valence-corrected chi connectivity index (χ3v) is 6.76. The first kappa shape index (κ1) is 21.3. The van der Waals surface area contributed by atoms with Crippen molar-refractivity contribution in [2.45, 2.75) is 17.6 Å². The van der Waals surface area contributed by atoms with Crippen LogP contribution < -0.4 is 9.47 Å². The van der Waals surface area contributed by atoms with Crippen molar-refractivity contribution in [3.8, 4) is 11.5 Å². The maximum absolute atomic E-state index is 11.4. The number of carbonyl (C=O) groups excluding carboxylic acids is 1. The average molecular weight is 435 g/mol. The Morgan fingerprint density at radius 2 is 1.68 bits per heavy atom. The van der Waals surface area contributed by atoms with Crippen LogP contribution in [-0.4, -0.2) is 32.0 Å². The second-order valence-corrected chi connectivity index (χ2v) is 8.62. The SMILES string of the molecule is COC(=O)COc1cccc2c1OCC2CCSC(c1ccccc1)c1ccccc1. The third kappa shape index (κ3) is 5.23. The smallest absolute Gasteiger partial charge is 0.343 e. The van der Waals surface area contributed by atoms with Crippen molar-refractivity contribution in [2.24, 2.45) is 0 Å². The van der Waals surface area contributed by atoms with Gasteiger partial charge in [-0.3, -0.25) is 0 Å². The lowest BCUT2D eigenvalue weighted by molar-refractivity contribution is -0.142. The molecule has 31 heavy (non-hydrogen) atoms. The minimum absolute atomic E-state index is 0.118. The number of hydrogen-bond acceptors (Lipinski definition) is 5. The van der Waals surface area contributed by atoms with Crippen molar-refractivity contribution in [1.82, 2.24) is 0 Å². The van der Waals surface area contributed by atoms with E-state index >= 15 is 0 Å². The van der Waals surface area contributed by atoms with E-state index < -0.39 is 5.97 Å². The highest BCUT2D eigenvalue weighted by Crippen LogP contribution is 2.44. The first-order valence-corrected chi connectivity index (χ1v) is 11.5. The minimum Gasteiger partial charge on any atom is -0.489 e. The van der Waals surface area contributed by atoms with Crippen LogP contribution in [0.25, 0.3) is 0 Å². The number of esters is 1. The summed E-state index contributed by atoms with van der Waals surface area (Å²) < 4.78 is 16.2. The van der Waals surface area contributed by atoms with Crippen LogP contribution in [0.2, 0.25) is 0 Å². The Labute approximate surface area is 187 Å². The number of thioether (sulfide) groups is 1. The fourth-order valence-electron chi connectivity index (χ4n) is 3.80. The molecule has 1 atom stereocenters. The third-order valence-electron chi connectivity index (χ3n) is 5.41. The molecule has 1 heterocycles. The molecule has 0 N–H and O–H groups in total. The Balaban J connectivity index is 1.42. The molecule has 0 bridgehead atoms. The Morgan fingerprint density at radius 1 is 1.00 bits per heavy atom. The molecule has 4 nitrogen and oxygen atoms in total. The van der Waals surface area contributed by atoms with Crippen molar-refractivity contribution in [3.63, 3.8) is 0 Å². The van der Waals surface area contributed by atoms with Gasteiger partial charge in [0.25, 0.3) is 0 Å². The Bertz CT molecular complexity index is 951. The molecule has 1 aliphatic rings. The Hall–Kier alpha value is -2.92. The van der Waals surface area contributed by atoms with Crippen molar-refractivity contribution in [1.29, 1.82) is 0 Å². The fourth-order valence-corrected chi connectivity index (χ4v) is 5.15. The van der Waals surface area contributed by atoms with Crippen LogP contribution in [0, 0.1) is 0 Å². The van der Waals surface area contributed by atoms with Gasteiger partial charge < -0.3 is 14.2 Å². The van der Waals surface area contributed by atoms with E-state index in [1.807, 2.05) is 23.9 Å². The number of carbonyl (C=O) groups is 1. The molecule has 4 rings (SSSR count). The largest absolute Gasteiger partial charge is 0.489 e. The summed E-state index contributed by atoms with van der Waals surface area (Å²) in [5, 5.41) is 0.305. The van der Waals surface area contributed by atoms with E-state index in [1.165, 1.54) is 18.2 Å². The van der Waals surface area contributed by atoms with Gasteiger partial charge in [-0.25, -0.2) is 4.79 Å². The molecule has 0 fully saturated rings. The summed E-state index contributed by atoms with van der Waals surface area (Å²) in [6, 6.07) is 27.2. The van der Waals surface area contributed by atoms with Gasteiger partial charge in [0.15, 0.2) is 18.1 Å². The van der Waals surface area contributed by atoms with E-state index in [-0.39, 0.29) is 6.61 Å². The Morgan fingerprint density at radius 3 is 2.32 bits per heavy atom. The monoisotopic (exact) mass is 434 g/mol. The van der Waals surface area contributed by atoms with Crippen LogP contribution in [0.3, 0.4) is 0 Å². The van der Waals surface area contributed by atoms with Crippen LogP contribution >= 0.6 is 11.8 Å². The fraction of sp³-hybridized carbons (Fsp3) is 0.269. The number of para-hydroxylation sites is 1. The molecule has 0 spiro atoms.